The lowest BCUT2D eigenvalue weighted by Crippen LogP contribution is -2.19. The van der Waals surface area contributed by atoms with Crippen molar-refractivity contribution in [2.45, 2.75) is 45.2 Å². The molecule has 1 saturated carbocycles. The first-order valence-electron chi connectivity index (χ1n) is 5.92. The molecule has 0 aromatic rings. The van der Waals surface area contributed by atoms with Gasteiger partial charge in [-0.05, 0) is 38.2 Å². The lowest BCUT2D eigenvalue weighted by Gasteiger charge is -2.28. The van der Waals surface area contributed by atoms with Crippen LogP contribution in [0.1, 0.15) is 39.0 Å². The number of hydrogen-bond acceptors (Lipinski definition) is 2. The fourth-order valence-electron chi connectivity index (χ4n) is 2.36. The van der Waals surface area contributed by atoms with Gasteiger partial charge in [0.15, 0.2) is 6.17 Å². The van der Waals surface area contributed by atoms with Gasteiger partial charge in [-0.1, -0.05) is 18.1 Å². The van der Waals surface area contributed by atoms with Crippen LogP contribution in [0.15, 0.2) is 23.5 Å². The molecule has 0 amide bonds. The molecule has 0 aromatic carbocycles. The van der Waals surface area contributed by atoms with Crippen LogP contribution in [-0.4, -0.2) is 12.1 Å². The highest BCUT2D eigenvalue weighted by Crippen LogP contribution is 2.36. The summed E-state index contributed by atoms with van der Waals surface area (Å²) in [6, 6.07) is 0. The second kappa shape index (κ2) is 4.81. The molecule has 0 radical (unpaired) electrons. The Labute approximate surface area is 95.2 Å². The number of carbonyl (C=O) groups excluding carboxylic acids is 1. The van der Waals surface area contributed by atoms with Crippen molar-refractivity contribution >= 4 is 5.97 Å². The smallest absolute Gasteiger partial charge is 0.345 e. The number of halogens is 1. The Morgan fingerprint density at radius 2 is 2.31 bits per heavy atom. The Balaban J connectivity index is 2.00. The molecule has 0 aromatic heterocycles. The SMILES string of the molecule is CC(F)C(=O)OC1=CC=C2CCCCC2C1. The Morgan fingerprint density at radius 1 is 1.50 bits per heavy atom. The van der Waals surface area contributed by atoms with Crippen LogP contribution in [0.25, 0.3) is 0 Å². The molecule has 2 atom stereocenters. The van der Waals surface area contributed by atoms with E-state index >= 15 is 0 Å². The maximum atomic E-state index is 12.7. The van der Waals surface area contributed by atoms with E-state index in [4.69, 9.17) is 4.74 Å². The normalized spacial score (nSPS) is 26.2. The number of ether oxygens (including phenoxy) is 1. The minimum Gasteiger partial charge on any atom is -0.429 e. The molecular formula is C13H17FO2. The lowest BCUT2D eigenvalue weighted by atomic mass is 9.79. The van der Waals surface area contributed by atoms with Crippen LogP contribution in [0.2, 0.25) is 0 Å². The number of hydrogen-bond donors (Lipinski definition) is 0. The van der Waals surface area contributed by atoms with Gasteiger partial charge in [-0.2, -0.15) is 0 Å². The van der Waals surface area contributed by atoms with Gasteiger partial charge < -0.3 is 4.74 Å². The lowest BCUT2D eigenvalue weighted by molar-refractivity contribution is -0.144. The van der Waals surface area contributed by atoms with E-state index in [-0.39, 0.29) is 0 Å². The summed E-state index contributed by atoms with van der Waals surface area (Å²) in [5.41, 5.74) is 1.46. The summed E-state index contributed by atoms with van der Waals surface area (Å²) in [6.07, 6.45) is 7.88. The Morgan fingerprint density at radius 3 is 3.06 bits per heavy atom. The monoisotopic (exact) mass is 224 g/mol. The van der Waals surface area contributed by atoms with Gasteiger partial charge >= 0.3 is 5.97 Å². The number of fused-ring (bicyclic) bond motifs is 1. The molecule has 16 heavy (non-hydrogen) atoms. The summed E-state index contributed by atoms with van der Waals surface area (Å²) >= 11 is 0. The van der Waals surface area contributed by atoms with Gasteiger partial charge in [-0.25, -0.2) is 9.18 Å². The topological polar surface area (TPSA) is 26.3 Å². The third-order valence-electron chi connectivity index (χ3n) is 3.28. The van der Waals surface area contributed by atoms with Crippen molar-refractivity contribution in [3.05, 3.63) is 23.5 Å². The van der Waals surface area contributed by atoms with Crippen LogP contribution < -0.4 is 0 Å². The number of carbonyl (C=O) groups is 1. The number of allylic oxidation sites excluding steroid dienone is 4. The molecule has 0 aliphatic heterocycles. The van der Waals surface area contributed by atoms with Crippen LogP contribution in [-0.2, 0) is 9.53 Å². The maximum absolute atomic E-state index is 12.7. The summed E-state index contributed by atoms with van der Waals surface area (Å²) in [4.78, 5) is 11.1. The first-order valence-corrected chi connectivity index (χ1v) is 5.92. The average molecular weight is 224 g/mol. The number of esters is 1. The Bertz CT molecular complexity index is 342. The van der Waals surface area contributed by atoms with Crippen molar-refractivity contribution in [2.75, 3.05) is 0 Å². The van der Waals surface area contributed by atoms with Gasteiger partial charge in [0, 0.05) is 6.42 Å². The highest BCUT2D eigenvalue weighted by molar-refractivity contribution is 5.75. The highest BCUT2D eigenvalue weighted by Gasteiger charge is 2.25. The predicted octanol–water partition coefficient (Wildman–Crippen LogP) is 3.29. The van der Waals surface area contributed by atoms with Gasteiger partial charge in [-0.15, -0.1) is 0 Å². The molecule has 2 rings (SSSR count). The van der Waals surface area contributed by atoms with Crippen molar-refractivity contribution in [2.24, 2.45) is 5.92 Å². The molecule has 2 aliphatic rings. The molecule has 1 fully saturated rings. The van der Waals surface area contributed by atoms with Crippen molar-refractivity contribution in [3.63, 3.8) is 0 Å². The zero-order valence-electron chi connectivity index (χ0n) is 9.54. The summed E-state index contributed by atoms with van der Waals surface area (Å²) in [6.45, 7) is 1.20. The van der Waals surface area contributed by atoms with Gasteiger partial charge in [-0.3, -0.25) is 0 Å². The fourth-order valence-corrected chi connectivity index (χ4v) is 2.36. The van der Waals surface area contributed by atoms with Gasteiger partial charge in [0.05, 0.1) is 0 Å². The van der Waals surface area contributed by atoms with Gasteiger partial charge in [0.25, 0.3) is 0 Å². The van der Waals surface area contributed by atoms with E-state index in [1.807, 2.05) is 12.2 Å². The standard InChI is InChI=1S/C13H17FO2/c1-9(14)13(15)16-12-7-6-10-4-2-3-5-11(10)8-12/h6-7,9,11H,2-5,8H2,1H3. The molecule has 0 heterocycles. The Kier molecular flexibility index (Phi) is 3.42. The molecule has 0 saturated heterocycles. The van der Waals surface area contributed by atoms with Crippen molar-refractivity contribution in [1.82, 2.24) is 0 Å². The highest BCUT2D eigenvalue weighted by atomic mass is 19.1. The van der Waals surface area contributed by atoms with E-state index in [0.717, 1.165) is 19.3 Å². The summed E-state index contributed by atoms with van der Waals surface area (Å²) < 4.78 is 17.7. The molecule has 3 heteroatoms. The molecule has 2 nitrogen and oxygen atoms in total. The van der Waals surface area contributed by atoms with E-state index in [9.17, 15) is 9.18 Å². The minimum atomic E-state index is -1.54. The quantitative estimate of drug-likeness (QED) is 0.673. The van der Waals surface area contributed by atoms with Crippen molar-refractivity contribution in [3.8, 4) is 0 Å². The molecule has 2 aliphatic carbocycles. The molecule has 2 unspecified atom stereocenters. The third-order valence-corrected chi connectivity index (χ3v) is 3.28. The van der Waals surface area contributed by atoms with E-state index in [0.29, 0.717) is 11.7 Å². The maximum Gasteiger partial charge on any atom is 0.345 e. The summed E-state index contributed by atoms with van der Waals surface area (Å²) in [7, 11) is 0. The minimum absolute atomic E-state index is 0.511. The fraction of sp³-hybridized carbons (Fsp3) is 0.615. The van der Waals surface area contributed by atoms with Crippen LogP contribution >= 0.6 is 0 Å². The second-order valence-electron chi connectivity index (χ2n) is 4.56. The average Bonchev–Trinajstić information content (AvgIpc) is 2.28. The molecular weight excluding hydrogens is 207 g/mol. The summed E-state index contributed by atoms with van der Waals surface area (Å²) in [5, 5.41) is 0. The first kappa shape index (κ1) is 11.4. The predicted molar refractivity (Wildman–Crippen MR) is 59.4 cm³/mol. The van der Waals surface area contributed by atoms with E-state index in [2.05, 4.69) is 0 Å². The molecule has 0 N–H and O–H groups in total. The van der Waals surface area contributed by atoms with Crippen LogP contribution in [0.3, 0.4) is 0 Å². The first-order chi connectivity index (χ1) is 7.66. The van der Waals surface area contributed by atoms with Gasteiger partial charge in [0.1, 0.15) is 5.76 Å². The van der Waals surface area contributed by atoms with E-state index < -0.39 is 12.1 Å². The third kappa shape index (κ3) is 2.52. The number of rotatable bonds is 2. The molecule has 0 spiro atoms. The van der Waals surface area contributed by atoms with E-state index in [1.54, 1.807) is 0 Å². The molecule has 0 bridgehead atoms. The van der Waals surface area contributed by atoms with Crippen LogP contribution in [0, 0.1) is 5.92 Å². The zero-order chi connectivity index (χ0) is 11.5. The largest absolute Gasteiger partial charge is 0.429 e. The number of alkyl halides is 1. The van der Waals surface area contributed by atoms with Crippen molar-refractivity contribution in [1.29, 1.82) is 0 Å². The zero-order valence-corrected chi connectivity index (χ0v) is 9.54. The second-order valence-corrected chi connectivity index (χ2v) is 4.56. The van der Waals surface area contributed by atoms with Gasteiger partial charge in [0.2, 0.25) is 0 Å². The van der Waals surface area contributed by atoms with Crippen LogP contribution in [0.5, 0.6) is 0 Å². The Hall–Kier alpha value is -1.12. The van der Waals surface area contributed by atoms with Crippen molar-refractivity contribution < 1.29 is 13.9 Å². The summed E-state index contributed by atoms with van der Waals surface area (Å²) in [5.74, 6) is 0.348. The molecule has 88 valence electrons. The van der Waals surface area contributed by atoms with Crippen LogP contribution in [0.4, 0.5) is 4.39 Å². The van der Waals surface area contributed by atoms with E-state index in [1.165, 1.54) is 25.3 Å².